The molecule has 0 radical (unpaired) electrons. The molecule has 106 valence electrons. The Labute approximate surface area is 119 Å². The minimum Gasteiger partial charge on any atom is -0.487 e. The van der Waals surface area contributed by atoms with Crippen molar-refractivity contribution in [3.05, 3.63) is 47.9 Å². The molecule has 5 heteroatoms. The van der Waals surface area contributed by atoms with Crippen LogP contribution in [-0.4, -0.2) is 23.6 Å². The fraction of sp³-hybridized carbons (Fsp3) is 0.333. The van der Waals surface area contributed by atoms with E-state index in [0.29, 0.717) is 12.5 Å². The second-order valence-corrected chi connectivity index (χ2v) is 4.23. The summed E-state index contributed by atoms with van der Waals surface area (Å²) >= 11 is 0. The van der Waals surface area contributed by atoms with Crippen LogP contribution in [0.5, 0.6) is 11.6 Å². The summed E-state index contributed by atoms with van der Waals surface area (Å²) in [7, 11) is 1.60. The first kappa shape index (κ1) is 14.3. The Morgan fingerprint density at radius 1 is 1.20 bits per heavy atom. The maximum absolute atomic E-state index is 5.69. The minimum absolute atomic E-state index is 0.408. The summed E-state index contributed by atoms with van der Waals surface area (Å²) in [6, 6.07) is 7.67. The van der Waals surface area contributed by atoms with Crippen LogP contribution in [0.3, 0.4) is 0 Å². The van der Waals surface area contributed by atoms with Gasteiger partial charge in [0.1, 0.15) is 12.4 Å². The van der Waals surface area contributed by atoms with Crippen molar-refractivity contribution in [2.45, 2.75) is 20.1 Å². The molecule has 20 heavy (non-hydrogen) atoms. The largest absolute Gasteiger partial charge is 0.487 e. The zero-order valence-corrected chi connectivity index (χ0v) is 11.8. The van der Waals surface area contributed by atoms with Crippen molar-refractivity contribution in [3.8, 4) is 11.6 Å². The minimum atomic E-state index is 0.408. The molecule has 0 bridgehead atoms. The molecule has 0 spiro atoms. The third-order valence-electron chi connectivity index (χ3n) is 2.79. The second-order valence-electron chi connectivity index (χ2n) is 4.23. The summed E-state index contributed by atoms with van der Waals surface area (Å²) in [5.41, 5.74) is 1.91. The third-order valence-corrected chi connectivity index (χ3v) is 2.79. The zero-order chi connectivity index (χ0) is 14.2. The third kappa shape index (κ3) is 3.93. The summed E-state index contributed by atoms with van der Waals surface area (Å²) < 4.78 is 10.9. The molecule has 2 rings (SSSR count). The van der Waals surface area contributed by atoms with Gasteiger partial charge in [0.2, 0.25) is 5.88 Å². The molecule has 0 amide bonds. The lowest BCUT2D eigenvalue weighted by atomic mass is 10.3. The Balaban J connectivity index is 1.93. The number of pyridine rings is 2. The van der Waals surface area contributed by atoms with Crippen LogP contribution in [0.1, 0.15) is 18.2 Å². The number of rotatable bonds is 7. The Bertz CT molecular complexity index is 529. The highest BCUT2D eigenvalue weighted by Crippen LogP contribution is 2.17. The van der Waals surface area contributed by atoms with Crippen molar-refractivity contribution in [1.82, 2.24) is 15.3 Å². The van der Waals surface area contributed by atoms with Crippen LogP contribution in [0.2, 0.25) is 0 Å². The lowest BCUT2D eigenvalue weighted by Gasteiger charge is -2.09. The average molecular weight is 273 g/mol. The molecule has 2 heterocycles. The molecule has 0 unspecified atom stereocenters. The summed E-state index contributed by atoms with van der Waals surface area (Å²) in [4.78, 5) is 8.47. The molecule has 1 N–H and O–H groups in total. The normalized spacial score (nSPS) is 10.3. The van der Waals surface area contributed by atoms with E-state index in [9.17, 15) is 0 Å². The highest BCUT2D eigenvalue weighted by Gasteiger charge is 2.04. The van der Waals surface area contributed by atoms with Crippen LogP contribution in [0.25, 0.3) is 0 Å². The van der Waals surface area contributed by atoms with E-state index < -0.39 is 0 Å². The van der Waals surface area contributed by atoms with Gasteiger partial charge in [-0.15, -0.1) is 0 Å². The van der Waals surface area contributed by atoms with Gasteiger partial charge in [-0.05, 0) is 30.8 Å². The van der Waals surface area contributed by atoms with Crippen LogP contribution in [0, 0.1) is 0 Å². The predicted octanol–water partition coefficient (Wildman–Crippen LogP) is 2.17. The fourth-order valence-electron chi connectivity index (χ4n) is 1.73. The lowest BCUT2D eigenvalue weighted by molar-refractivity contribution is 0.292. The summed E-state index contributed by atoms with van der Waals surface area (Å²) in [5, 5.41) is 3.23. The van der Waals surface area contributed by atoms with Crippen molar-refractivity contribution in [2.24, 2.45) is 0 Å². The highest BCUT2D eigenvalue weighted by molar-refractivity contribution is 5.26. The first-order valence-corrected chi connectivity index (χ1v) is 6.59. The summed E-state index contributed by atoms with van der Waals surface area (Å²) in [5.74, 6) is 1.32. The molecule has 0 aromatic carbocycles. The molecular formula is C15H19N3O2. The zero-order valence-electron chi connectivity index (χ0n) is 11.8. The predicted molar refractivity (Wildman–Crippen MR) is 76.7 cm³/mol. The van der Waals surface area contributed by atoms with Gasteiger partial charge in [-0.2, -0.15) is 0 Å². The van der Waals surface area contributed by atoms with Crippen LogP contribution < -0.4 is 14.8 Å². The molecule has 0 aliphatic rings. The van der Waals surface area contributed by atoms with Gasteiger partial charge in [0.15, 0.2) is 0 Å². The number of nitrogens with one attached hydrogen (secondary N) is 1. The van der Waals surface area contributed by atoms with E-state index in [4.69, 9.17) is 9.47 Å². The Morgan fingerprint density at radius 2 is 2.10 bits per heavy atom. The van der Waals surface area contributed by atoms with Gasteiger partial charge in [-0.25, -0.2) is 4.98 Å². The molecule has 0 saturated heterocycles. The van der Waals surface area contributed by atoms with Gasteiger partial charge < -0.3 is 14.8 Å². The number of aromatic nitrogens is 2. The molecule has 0 aliphatic heterocycles. The summed E-state index contributed by atoms with van der Waals surface area (Å²) in [6.45, 7) is 4.18. The first-order valence-electron chi connectivity index (χ1n) is 6.59. The average Bonchev–Trinajstić information content (AvgIpc) is 2.52. The standard InChI is InChI=1S/C15H19N3O2/c1-3-16-9-13-6-7-14(10-18-13)20-11-12-5-4-8-17-15(12)19-2/h4-8,10,16H,3,9,11H2,1-2H3. The molecule has 0 saturated carbocycles. The highest BCUT2D eigenvalue weighted by atomic mass is 16.5. The van der Waals surface area contributed by atoms with Crippen LogP contribution in [0.4, 0.5) is 0 Å². The van der Waals surface area contributed by atoms with E-state index in [-0.39, 0.29) is 0 Å². The molecule has 2 aromatic heterocycles. The van der Waals surface area contributed by atoms with Crippen LogP contribution >= 0.6 is 0 Å². The SMILES string of the molecule is CCNCc1ccc(OCc2cccnc2OC)cn1. The van der Waals surface area contributed by atoms with E-state index in [1.807, 2.05) is 24.3 Å². The Hall–Kier alpha value is -2.14. The second kappa shape index (κ2) is 7.45. The number of nitrogens with zero attached hydrogens (tertiary/aromatic N) is 2. The van der Waals surface area contributed by atoms with Gasteiger partial charge in [-0.1, -0.05) is 6.92 Å². The smallest absolute Gasteiger partial charge is 0.219 e. The van der Waals surface area contributed by atoms with E-state index in [1.54, 1.807) is 19.5 Å². The van der Waals surface area contributed by atoms with Crippen LogP contribution in [-0.2, 0) is 13.2 Å². The Kier molecular flexibility index (Phi) is 5.32. The molecule has 2 aromatic rings. The maximum Gasteiger partial charge on any atom is 0.219 e. The van der Waals surface area contributed by atoms with Crippen molar-refractivity contribution in [2.75, 3.05) is 13.7 Å². The molecule has 0 atom stereocenters. The topological polar surface area (TPSA) is 56.3 Å². The Morgan fingerprint density at radius 3 is 2.80 bits per heavy atom. The molecule has 0 fully saturated rings. The van der Waals surface area contributed by atoms with E-state index in [2.05, 4.69) is 22.2 Å². The van der Waals surface area contributed by atoms with Gasteiger partial charge in [0.25, 0.3) is 0 Å². The van der Waals surface area contributed by atoms with Gasteiger partial charge >= 0.3 is 0 Å². The lowest BCUT2D eigenvalue weighted by Crippen LogP contribution is -2.12. The van der Waals surface area contributed by atoms with Crippen molar-refractivity contribution in [1.29, 1.82) is 0 Å². The van der Waals surface area contributed by atoms with Crippen molar-refractivity contribution < 1.29 is 9.47 Å². The number of ether oxygens (including phenoxy) is 2. The number of hydrogen-bond acceptors (Lipinski definition) is 5. The maximum atomic E-state index is 5.69. The fourth-order valence-corrected chi connectivity index (χ4v) is 1.73. The van der Waals surface area contributed by atoms with Crippen molar-refractivity contribution >= 4 is 0 Å². The van der Waals surface area contributed by atoms with E-state index in [1.165, 1.54) is 0 Å². The van der Waals surface area contributed by atoms with Gasteiger partial charge in [-0.3, -0.25) is 4.98 Å². The van der Waals surface area contributed by atoms with Gasteiger partial charge in [0, 0.05) is 12.7 Å². The monoisotopic (exact) mass is 273 g/mol. The number of methoxy groups -OCH3 is 1. The van der Waals surface area contributed by atoms with Crippen LogP contribution in [0.15, 0.2) is 36.7 Å². The quantitative estimate of drug-likeness (QED) is 0.838. The van der Waals surface area contributed by atoms with Gasteiger partial charge in [0.05, 0.1) is 24.6 Å². The first-order chi connectivity index (χ1) is 9.83. The summed E-state index contributed by atoms with van der Waals surface area (Å²) in [6.07, 6.45) is 3.43. The molecular weight excluding hydrogens is 254 g/mol. The van der Waals surface area contributed by atoms with E-state index in [0.717, 1.165) is 30.1 Å². The molecule has 0 aliphatic carbocycles. The van der Waals surface area contributed by atoms with Crippen molar-refractivity contribution in [3.63, 3.8) is 0 Å². The number of hydrogen-bond donors (Lipinski definition) is 1. The van der Waals surface area contributed by atoms with E-state index >= 15 is 0 Å². The molecule has 5 nitrogen and oxygen atoms in total.